The summed E-state index contributed by atoms with van der Waals surface area (Å²) in [5, 5.41) is 0. The van der Waals surface area contributed by atoms with Gasteiger partial charge in [0, 0.05) is 7.11 Å². The van der Waals surface area contributed by atoms with Gasteiger partial charge in [-0.05, 0) is 16.7 Å². The first-order valence-electron chi connectivity index (χ1n) is 13.4. The van der Waals surface area contributed by atoms with Crippen molar-refractivity contribution in [1.82, 2.24) is 0 Å². The van der Waals surface area contributed by atoms with Crippen molar-refractivity contribution < 1.29 is 31.9 Å². The highest BCUT2D eigenvalue weighted by Crippen LogP contribution is 2.29. The van der Waals surface area contributed by atoms with Crippen molar-refractivity contribution in [3.8, 4) is 0 Å². The fraction of sp³-hybridized carbons (Fsp3) is 0.333. The fourth-order valence-electron chi connectivity index (χ4n) is 3.28. The third-order valence-corrected chi connectivity index (χ3v) is 4.88. The second-order valence-corrected chi connectivity index (χ2v) is 7.16. The Morgan fingerprint density at radius 1 is 0.688 bits per heavy atom. The molecule has 0 radical (unpaired) electrons. The van der Waals surface area contributed by atoms with Gasteiger partial charge in [-0.1, -0.05) is 91.0 Å². The molecule has 5 nitrogen and oxygen atoms in total. The monoisotopic (exact) mass is 440 g/mol. The van der Waals surface area contributed by atoms with E-state index in [2.05, 4.69) is 0 Å². The first kappa shape index (κ1) is 16.1. The molecule has 0 bridgehead atoms. The highest BCUT2D eigenvalue weighted by atomic mass is 16.7. The zero-order valence-electron chi connectivity index (χ0n) is 23.7. The number of benzene rings is 3. The lowest BCUT2D eigenvalue weighted by Gasteiger charge is -2.24. The Bertz CT molecular complexity index is 1150. The molecule has 1 unspecified atom stereocenters. The van der Waals surface area contributed by atoms with Crippen molar-refractivity contribution in [2.45, 2.75) is 44.3 Å². The van der Waals surface area contributed by atoms with E-state index in [1.807, 2.05) is 0 Å². The Balaban J connectivity index is 1.62. The van der Waals surface area contributed by atoms with Gasteiger partial charge in [-0.3, -0.25) is 0 Å². The van der Waals surface area contributed by atoms with Crippen LogP contribution in [0, 0.1) is 0 Å². The average Bonchev–Trinajstić information content (AvgIpc) is 3.23. The van der Waals surface area contributed by atoms with E-state index in [0.717, 1.165) is 0 Å². The molecule has 0 spiro atoms. The number of hydrogen-bond acceptors (Lipinski definition) is 5. The maximum Gasteiger partial charge on any atom is 0.186 e. The van der Waals surface area contributed by atoms with Crippen molar-refractivity contribution in [1.29, 1.82) is 0 Å². The summed E-state index contributed by atoms with van der Waals surface area (Å²) < 4.78 is 79.8. The molecule has 32 heavy (non-hydrogen) atoms. The van der Waals surface area contributed by atoms with Gasteiger partial charge in [-0.25, -0.2) is 0 Å². The topological polar surface area (TPSA) is 46.2 Å². The molecule has 0 N–H and O–H groups in total. The van der Waals surface area contributed by atoms with Crippen molar-refractivity contribution in [3.63, 3.8) is 0 Å². The molecule has 0 aliphatic carbocycles. The molecular formula is C27H30O5. The average molecular weight is 441 g/mol. The Kier molecular flexibility index (Phi) is 6.00. The van der Waals surface area contributed by atoms with Crippen LogP contribution in [0.5, 0.6) is 0 Å². The number of hydrogen-bond donors (Lipinski definition) is 0. The van der Waals surface area contributed by atoms with Crippen LogP contribution in [0.15, 0.2) is 91.0 Å². The van der Waals surface area contributed by atoms with Gasteiger partial charge < -0.3 is 23.7 Å². The molecular weight excluding hydrogens is 404 g/mol. The van der Waals surface area contributed by atoms with Crippen LogP contribution in [0.25, 0.3) is 0 Å². The molecule has 4 rings (SSSR count). The summed E-state index contributed by atoms with van der Waals surface area (Å²) in [6, 6.07) is 24.9. The smallest absolute Gasteiger partial charge is 0.186 e. The maximum absolute atomic E-state index is 8.60. The van der Waals surface area contributed by atoms with Gasteiger partial charge in [-0.15, -0.1) is 0 Å². The second-order valence-electron chi connectivity index (χ2n) is 7.16. The lowest BCUT2D eigenvalue weighted by Crippen LogP contribution is -2.39. The van der Waals surface area contributed by atoms with Crippen LogP contribution in [0.4, 0.5) is 0 Å². The second kappa shape index (κ2) is 11.9. The summed E-state index contributed by atoms with van der Waals surface area (Å²) >= 11 is 0. The third-order valence-electron chi connectivity index (χ3n) is 4.88. The Labute approximate surface area is 198 Å². The molecule has 1 aliphatic heterocycles. The third kappa shape index (κ3) is 6.25. The molecule has 1 heterocycles. The molecule has 0 amide bonds. The van der Waals surface area contributed by atoms with Crippen LogP contribution in [-0.2, 0) is 43.4 Å². The molecule has 4 atom stereocenters. The van der Waals surface area contributed by atoms with Crippen LogP contribution in [0.1, 0.15) is 24.9 Å². The number of rotatable bonds is 11. The molecule has 5 heteroatoms. The first-order chi connectivity index (χ1) is 18.0. The number of ether oxygens (including phenoxy) is 5. The van der Waals surface area contributed by atoms with Gasteiger partial charge >= 0.3 is 0 Å². The van der Waals surface area contributed by atoms with Crippen molar-refractivity contribution in [3.05, 3.63) is 108 Å². The van der Waals surface area contributed by atoms with Crippen molar-refractivity contribution in [2.24, 2.45) is 0 Å². The SMILES string of the molecule is [2H]C([2H])(OC[C@H]1OC(OC)[C@@H](OC([2H])([2H])c2ccccc2)[C@@H]1OC([2H])([2H])c1ccccc1)c1ccccc1. The summed E-state index contributed by atoms with van der Waals surface area (Å²) in [6.07, 6.45) is -4.62. The van der Waals surface area contributed by atoms with Gasteiger partial charge in [-0.2, -0.15) is 0 Å². The molecule has 1 fully saturated rings. The Hall–Kier alpha value is -2.54. The van der Waals surface area contributed by atoms with Crippen LogP contribution < -0.4 is 0 Å². The van der Waals surface area contributed by atoms with Gasteiger partial charge in [0.2, 0.25) is 0 Å². The van der Waals surface area contributed by atoms with E-state index in [-0.39, 0.29) is 17.7 Å². The standard InChI is InChI=1S/C27H30O5/c1-28-27-26(31-19-23-15-9-4-10-16-23)25(30-18-22-13-7-3-8-14-22)24(32-27)20-29-17-21-11-5-2-6-12-21/h2-16,24-27H,17-20H2,1H3/t24-,25-,26+,27?/m1/s1/i17D2,18D2,19D2. The van der Waals surface area contributed by atoms with Crippen molar-refractivity contribution >= 4 is 0 Å². The molecule has 3 aromatic carbocycles. The molecule has 0 aromatic heterocycles. The minimum absolute atomic E-state index is 0.241. The normalized spacial score (nSPS) is 26.9. The zero-order valence-corrected chi connectivity index (χ0v) is 17.7. The Morgan fingerprint density at radius 2 is 1.16 bits per heavy atom. The molecule has 0 saturated carbocycles. The van der Waals surface area contributed by atoms with E-state index in [0.29, 0.717) is 5.56 Å². The molecule has 1 aliphatic rings. The largest absolute Gasteiger partial charge is 0.374 e. The summed E-state index contributed by atoms with van der Waals surface area (Å²) in [7, 11) is 1.36. The van der Waals surface area contributed by atoms with Crippen LogP contribution in [-0.4, -0.2) is 38.3 Å². The van der Waals surface area contributed by atoms with E-state index in [1.165, 1.54) is 7.11 Å². The number of methoxy groups -OCH3 is 1. The van der Waals surface area contributed by atoms with E-state index in [1.54, 1.807) is 91.0 Å². The van der Waals surface area contributed by atoms with Crippen LogP contribution in [0.2, 0.25) is 0 Å². The summed E-state index contributed by atoms with van der Waals surface area (Å²) in [4.78, 5) is 0. The Morgan fingerprint density at radius 3 is 1.66 bits per heavy atom. The lowest BCUT2D eigenvalue weighted by molar-refractivity contribution is -0.170. The summed E-state index contributed by atoms with van der Waals surface area (Å²) in [5.41, 5.74) is 0.788. The van der Waals surface area contributed by atoms with Gasteiger partial charge in [0.25, 0.3) is 0 Å². The fourth-order valence-corrected chi connectivity index (χ4v) is 3.28. The zero-order chi connectivity index (χ0) is 27.4. The van der Waals surface area contributed by atoms with Crippen molar-refractivity contribution in [2.75, 3.05) is 13.7 Å². The van der Waals surface area contributed by atoms with Crippen LogP contribution >= 0.6 is 0 Å². The highest BCUT2D eigenvalue weighted by molar-refractivity contribution is 5.15. The van der Waals surface area contributed by atoms with E-state index in [4.69, 9.17) is 31.9 Å². The summed E-state index contributed by atoms with van der Waals surface area (Å²) in [5.74, 6) is 0. The predicted molar refractivity (Wildman–Crippen MR) is 122 cm³/mol. The predicted octanol–water partition coefficient (Wildman–Crippen LogP) is 4.75. The van der Waals surface area contributed by atoms with E-state index in [9.17, 15) is 0 Å². The lowest BCUT2D eigenvalue weighted by atomic mass is 10.1. The van der Waals surface area contributed by atoms with Gasteiger partial charge in [0.15, 0.2) is 6.29 Å². The molecule has 1 saturated heterocycles. The molecule has 3 aromatic rings. The molecule has 168 valence electrons. The van der Waals surface area contributed by atoms with Gasteiger partial charge in [0.05, 0.1) is 34.5 Å². The van der Waals surface area contributed by atoms with E-state index < -0.39 is 44.3 Å². The van der Waals surface area contributed by atoms with E-state index >= 15 is 0 Å². The summed E-state index contributed by atoms with van der Waals surface area (Å²) in [6.45, 7) is -7.11. The minimum Gasteiger partial charge on any atom is -0.374 e. The quantitative estimate of drug-likeness (QED) is 0.431. The maximum atomic E-state index is 8.60. The highest BCUT2D eigenvalue weighted by Gasteiger charge is 2.46. The van der Waals surface area contributed by atoms with Crippen LogP contribution in [0.3, 0.4) is 0 Å². The van der Waals surface area contributed by atoms with Gasteiger partial charge in [0.1, 0.15) is 18.3 Å². The minimum atomic E-state index is -2.31. The first-order valence-corrected chi connectivity index (χ1v) is 10.4.